The van der Waals surface area contributed by atoms with Crippen LogP contribution in [0, 0.1) is 0 Å². The first-order chi connectivity index (χ1) is 14.1. The Morgan fingerprint density at radius 2 is 1.47 bits per heavy atom. The highest BCUT2D eigenvalue weighted by atomic mass is 16.9. The van der Waals surface area contributed by atoms with Crippen LogP contribution in [0.3, 0.4) is 0 Å². The molecule has 5 rings (SSSR count). The summed E-state index contributed by atoms with van der Waals surface area (Å²) in [6.45, 7) is 9.76. The first-order valence-electron chi connectivity index (χ1n) is 10.5. The number of benzene rings is 1. The van der Waals surface area contributed by atoms with Crippen LogP contribution in [0.4, 0.5) is 4.79 Å². The average Bonchev–Trinajstić information content (AvgIpc) is 3.24. The van der Waals surface area contributed by atoms with Gasteiger partial charge in [-0.1, -0.05) is 30.3 Å². The number of fused-ring (bicyclic) bond motifs is 3. The molecule has 1 amide bonds. The van der Waals surface area contributed by atoms with E-state index in [0.717, 1.165) is 5.56 Å². The summed E-state index contributed by atoms with van der Waals surface area (Å²) in [5.41, 5.74) is 1.02. The number of amides is 1. The van der Waals surface area contributed by atoms with Crippen molar-refractivity contribution in [2.45, 2.75) is 95.6 Å². The fourth-order valence-corrected chi connectivity index (χ4v) is 4.98. The van der Waals surface area contributed by atoms with Gasteiger partial charge in [-0.05, 0) is 40.2 Å². The van der Waals surface area contributed by atoms with Crippen LogP contribution in [0.1, 0.15) is 40.2 Å². The summed E-state index contributed by atoms with van der Waals surface area (Å²) in [6.07, 6.45) is -3.01. The number of carbonyl (C=O) groups excluding carboxylic acids is 1. The third kappa shape index (κ3) is 3.40. The molecule has 4 aliphatic rings. The average molecular weight is 419 g/mol. The van der Waals surface area contributed by atoms with Gasteiger partial charge in [0.1, 0.15) is 36.6 Å². The number of cyclic esters (lactones) is 1. The lowest BCUT2D eigenvalue weighted by molar-refractivity contribution is -0.245. The molecule has 0 unspecified atom stereocenters. The van der Waals surface area contributed by atoms with E-state index < -0.39 is 36.2 Å². The van der Waals surface area contributed by atoms with Crippen LogP contribution >= 0.6 is 0 Å². The van der Waals surface area contributed by atoms with Gasteiger partial charge in [-0.3, -0.25) is 4.90 Å². The predicted molar refractivity (Wildman–Crippen MR) is 104 cm³/mol. The number of ether oxygens (including phenoxy) is 6. The third-order valence-electron chi connectivity index (χ3n) is 6.08. The molecule has 4 fully saturated rings. The number of hydrogen-bond acceptors (Lipinski definition) is 7. The molecule has 4 aliphatic heterocycles. The maximum absolute atomic E-state index is 12.7. The SMILES string of the molecule is C[C@@H]1OC(=O)N(Cc2ccccc2)[C@H]1[C@H]1O[C@@H]2OC(C)(C)O[C@@H]2[C@H]2OC(C)(C)O[C@H]21. The predicted octanol–water partition coefficient (Wildman–Crippen LogP) is 2.79. The summed E-state index contributed by atoms with van der Waals surface area (Å²) in [6, 6.07) is 9.48. The molecule has 0 aliphatic carbocycles. The van der Waals surface area contributed by atoms with E-state index in [9.17, 15) is 4.79 Å². The Kier molecular flexibility index (Phi) is 4.65. The molecule has 0 radical (unpaired) electrons. The van der Waals surface area contributed by atoms with Crippen molar-refractivity contribution in [3.05, 3.63) is 35.9 Å². The Morgan fingerprint density at radius 3 is 2.17 bits per heavy atom. The molecule has 30 heavy (non-hydrogen) atoms. The number of carbonyl (C=O) groups is 1. The van der Waals surface area contributed by atoms with Crippen LogP contribution in [0.5, 0.6) is 0 Å². The molecule has 4 saturated heterocycles. The number of rotatable bonds is 3. The summed E-state index contributed by atoms with van der Waals surface area (Å²) in [4.78, 5) is 14.4. The zero-order chi connectivity index (χ0) is 21.3. The highest BCUT2D eigenvalue weighted by molar-refractivity contribution is 5.71. The van der Waals surface area contributed by atoms with Gasteiger partial charge in [0.05, 0.1) is 0 Å². The first-order valence-corrected chi connectivity index (χ1v) is 10.5. The van der Waals surface area contributed by atoms with Crippen molar-refractivity contribution in [3.8, 4) is 0 Å². The Bertz CT molecular complexity index is 813. The highest BCUT2D eigenvalue weighted by Gasteiger charge is 2.64. The molecule has 1 aromatic rings. The zero-order valence-electron chi connectivity index (χ0n) is 17.9. The highest BCUT2D eigenvalue weighted by Crippen LogP contribution is 2.46. The van der Waals surface area contributed by atoms with Gasteiger partial charge >= 0.3 is 6.09 Å². The summed E-state index contributed by atoms with van der Waals surface area (Å²) < 4.78 is 36.6. The molecule has 164 valence electrons. The van der Waals surface area contributed by atoms with Crippen molar-refractivity contribution in [1.29, 1.82) is 0 Å². The number of nitrogens with zero attached hydrogens (tertiary/aromatic N) is 1. The fraction of sp³-hybridized carbons (Fsp3) is 0.682. The zero-order valence-corrected chi connectivity index (χ0v) is 17.9. The second kappa shape index (κ2) is 6.90. The van der Waals surface area contributed by atoms with E-state index in [1.165, 1.54) is 0 Å². The molecule has 0 saturated carbocycles. The van der Waals surface area contributed by atoms with E-state index >= 15 is 0 Å². The van der Waals surface area contributed by atoms with Crippen molar-refractivity contribution in [2.75, 3.05) is 0 Å². The van der Waals surface area contributed by atoms with E-state index in [4.69, 9.17) is 28.4 Å². The van der Waals surface area contributed by atoms with Gasteiger partial charge in [-0.25, -0.2) is 4.79 Å². The summed E-state index contributed by atoms with van der Waals surface area (Å²) in [7, 11) is 0. The normalized spacial score (nSPS) is 41.4. The van der Waals surface area contributed by atoms with Crippen molar-refractivity contribution in [1.82, 2.24) is 4.90 Å². The maximum Gasteiger partial charge on any atom is 0.410 e. The van der Waals surface area contributed by atoms with Crippen molar-refractivity contribution in [2.24, 2.45) is 0 Å². The Morgan fingerprint density at radius 1 is 0.867 bits per heavy atom. The second-order valence-electron chi connectivity index (χ2n) is 9.33. The topological polar surface area (TPSA) is 75.7 Å². The van der Waals surface area contributed by atoms with Gasteiger partial charge in [-0.2, -0.15) is 0 Å². The molecule has 7 atom stereocenters. The lowest BCUT2D eigenvalue weighted by Crippen LogP contribution is -2.62. The van der Waals surface area contributed by atoms with E-state index in [1.807, 2.05) is 65.0 Å². The van der Waals surface area contributed by atoms with Crippen LogP contribution in [0.2, 0.25) is 0 Å². The third-order valence-corrected chi connectivity index (χ3v) is 6.08. The molecule has 1 aromatic carbocycles. The van der Waals surface area contributed by atoms with E-state index in [0.29, 0.717) is 6.54 Å². The van der Waals surface area contributed by atoms with Gasteiger partial charge in [0.15, 0.2) is 17.9 Å². The maximum atomic E-state index is 12.7. The largest absolute Gasteiger partial charge is 0.444 e. The van der Waals surface area contributed by atoms with Crippen LogP contribution in [0.25, 0.3) is 0 Å². The Hall–Kier alpha value is -1.71. The molecule has 8 heteroatoms. The molecule has 4 heterocycles. The Balaban J connectivity index is 1.47. The van der Waals surface area contributed by atoms with Crippen LogP contribution in [0.15, 0.2) is 30.3 Å². The molecule has 8 nitrogen and oxygen atoms in total. The minimum Gasteiger partial charge on any atom is -0.444 e. The second-order valence-corrected chi connectivity index (χ2v) is 9.33. The van der Waals surface area contributed by atoms with Crippen molar-refractivity contribution < 1.29 is 33.2 Å². The van der Waals surface area contributed by atoms with Gasteiger partial charge in [-0.15, -0.1) is 0 Å². The monoisotopic (exact) mass is 419 g/mol. The lowest BCUT2D eigenvalue weighted by Gasteiger charge is -2.42. The molecule has 0 N–H and O–H groups in total. The molecule has 0 aromatic heterocycles. The number of hydrogen-bond donors (Lipinski definition) is 0. The van der Waals surface area contributed by atoms with E-state index in [2.05, 4.69) is 0 Å². The standard InChI is InChI=1S/C22H29NO7/c1-12-14(23(20(24)25-12)11-13-9-7-6-8-10-13)15-16-17(28-21(2,3)27-16)18-19(26-15)30-22(4,5)29-18/h6-10,12,14-19H,11H2,1-5H3/t12-,14+,15+,16-,17-,18+,19+/m0/s1. The van der Waals surface area contributed by atoms with Gasteiger partial charge in [0, 0.05) is 6.54 Å². The summed E-state index contributed by atoms with van der Waals surface area (Å²) in [5.74, 6) is -1.58. The van der Waals surface area contributed by atoms with Crippen molar-refractivity contribution in [3.63, 3.8) is 0 Å². The van der Waals surface area contributed by atoms with Crippen molar-refractivity contribution >= 4 is 6.09 Å². The van der Waals surface area contributed by atoms with Gasteiger partial charge in [0.2, 0.25) is 0 Å². The first kappa shape index (κ1) is 20.2. The van der Waals surface area contributed by atoms with Gasteiger partial charge < -0.3 is 28.4 Å². The molecular formula is C22H29NO7. The molecular weight excluding hydrogens is 390 g/mol. The van der Waals surface area contributed by atoms with Gasteiger partial charge in [0.25, 0.3) is 0 Å². The van der Waals surface area contributed by atoms with Crippen LogP contribution in [-0.4, -0.2) is 65.4 Å². The lowest BCUT2D eigenvalue weighted by atomic mass is 9.91. The molecule has 0 bridgehead atoms. The quantitative estimate of drug-likeness (QED) is 0.746. The minimum absolute atomic E-state index is 0.351. The molecule has 0 spiro atoms. The minimum atomic E-state index is -0.793. The summed E-state index contributed by atoms with van der Waals surface area (Å²) >= 11 is 0. The van der Waals surface area contributed by atoms with E-state index in [1.54, 1.807) is 4.90 Å². The smallest absolute Gasteiger partial charge is 0.410 e. The summed E-state index contributed by atoms with van der Waals surface area (Å²) in [5, 5.41) is 0. The van der Waals surface area contributed by atoms with Crippen LogP contribution < -0.4 is 0 Å². The van der Waals surface area contributed by atoms with E-state index in [-0.39, 0.29) is 24.3 Å². The fourth-order valence-electron chi connectivity index (χ4n) is 4.98. The Labute approximate surface area is 176 Å². The van der Waals surface area contributed by atoms with Crippen LogP contribution in [-0.2, 0) is 35.0 Å².